The van der Waals surface area contributed by atoms with E-state index in [1.165, 1.54) is 0 Å². The number of furan rings is 1. The molecule has 1 atom stereocenters. The van der Waals surface area contributed by atoms with Crippen molar-refractivity contribution >= 4 is 5.69 Å². The summed E-state index contributed by atoms with van der Waals surface area (Å²) in [7, 11) is 0. The van der Waals surface area contributed by atoms with Crippen LogP contribution in [0.25, 0.3) is 0 Å². The maximum atomic E-state index is 8.86. The molecule has 0 fully saturated rings. The summed E-state index contributed by atoms with van der Waals surface area (Å²) < 4.78 is 5.58. The van der Waals surface area contributed by atoms with Crippen molar-refractivity contribution in [3.63, 3.8) is 0 Å². The summed E-state index contributed by atoms with van der Waals surface area (Å²) in [6.45, 7) is 4.20. The highest BCUT2D eigenvalue weighted by molar-refractivity contribution is 5.46. The van der Waals surface area contributed by atoms with Crippen LogP contribution in [0.5, 0.6) is 0 Å². The van der Waals surface area contributed by atoms with Gasteiger partial charge in [-0.15, -0.1) is 0 Å². The molecule has 2 rings (SSSR count). The van der Waals surface area contributed by atoms with Crippen molar-refractivity contribution in [2.24, 2.45) is 0 Å². The van der Waals surface area contributed by atoms with Gasteiger partial charge in [-0.25, -0.2) is 0 Å². The fourth-order valence-corrected chi connectivity index (χ4v) is 1.90. The molecule has 3 nitrogen and oxygen atoms in total. The van der Waals surface area contributed by atoms with Gasteiger partial charge in [-0.05, 0) is 50.1 Å². The van der Waals surface area contributed by atoms with Crippen LogP contribution >= 0.6 is 0 Å². The fourth-order valence-electron chi connectivity index (χ4n) is 1.90. The van der Waals surface area contributed by atoms with Gasteiger partial charge in [0.2, 0.25) is 0 Å². The fraction of sp³-hybridized carbons (Fsp3) is 0.333. The Labute approximate surface area is 107 Å². The van der Waals surface area contributed by atoms with Gasteiger partial charge >= 0.3 is 0 Å². The second-order valence-corrected chi connectivity index (χ2v) is 4.48. The van der Waals surface area contributed by atoms with Crippen LogP contribution in [-0.4, -0.2) is 11.7 Å². The molecule has 1 heterocycles. The molecule has 0 saturated heterocycles. The maximum absolute atomic E-state index is 8.86. The number of rotatable bonds is 5. The second-order valence-electron chi connectivity index (χ2n) is 4.48. The molecule has 96 valence electrons. The van der Waals surface area contributed by atoms with E-state index >= 15 is 0 Å². The predicted octanol–water partition coefficient (Wildman–Crippen LogP) is 3.30. The molecule has 0 spiro atoms. The Morgan fingerprint density at radius 2 is 1.89 bits per heavy atom. The van der Waals surface area contributed by atoms with E-state index in [1.54, 1.807) is 0 Å². The Morgan fingerprint density at radius 1 is 1.17 bits per heavy atom. The molecule has 0 saturated carbocycles. The number of benzene rings is 1. The minimum Gasteiger partial charge on any atom is -0.464 e. The topological polar surface area (TPSA) is 45.4 Å². The van der Waals surface area contributed by atoms with Crippen molar-refractivity contribution < 1.29 is 9.52 Å². The monoisotopic (exact) mass is 245 g/mol. The predicted molar refractivity (Wildman–Crippen MR) is 72.7 cm³/mol. The lowest BCUT2D eigenvalue weighted by atomic mass is 10.1. The van der Waals surface area contributed by atoms with Crippen molar-refractivity contribution in [3.05, 3.63) is 53.5 Å². The van der Waals surface area contributed by atoms with Gasteiger partial charge < -0.3 is 14.8 Å². The van der Waals surface area contributed by atoms with Crippen LogP contribution in [0.15, 0.2) is 40.8 Å². The van der Waals surface area contributed by atoms with Crippen LogP contribution in [0.4, 0.5) is 5.69 Å². The summed E-state index contributed by atoms with van der Waals surface area (Å²) >= 11 is 0. The Balaban J connectivity index is 2.00. The van der Waals surface area contributed by atoms with E-state index in [0.717, 1.165) is 22.8 Å². The number of aliphatic hydroxyl groups is 1. The molecule has 0 aliphatic rings. The third-order valence-corrected chi connectivity index (χ3v) is 2.93. The normalized spacial score (nSPS) is 12.4. The lowest BCUT2D eigenvalue weighted by Crippen LogP contribution is -2.05. The molecule has 2 aromatic rings. The first-order valence-corrected chi connectivity index (χ1v) is 6.21. The maximum Gasteiger partial charge on any atom is 0.126 e. The molecular formula is C15H19NO2. The molecular weight excluding hydrogens is 226 g/mol. The summed E-state index contributed by atoms with van der Waals surface area (Å²) in [4.78, 5) is 0. The lowest BCUT2D eigenvalue weighted by molar-refractivity contribution is 0.299. The van der Waals surface area contributed by atoms with Crippen LogP contribution in [0.2, 0.25) is 0 Å². The number of nitrogens with one attached hydrogen (secondary N) is 1. The first-order valence-electron chi connectivity index (χ1n) is 6.21. The second kappa shape index (κ2) is 5.74. The van der Waals surface area contributed by atoms with Crippen molar-refractivity contribution in [3.8, 4) is 0 Å². The van der Waals surface area contributed by atoms with Crippen molar-refractivity contribution in [1.29, 1.82) is 0 Å². The van der Waals surface area contributed by atoms with Gasteiger partial charge in [0.25, 0.3) is 0 Å². The Morgan fingerprint density at radius 3 is 2.44 bits per heavy atom. The number of hydrogen-bond acceptors (Lipinski definition) is 3. The van der Waals surface area contributed by atoms with E-state index in [9.17, 15) is 0 Å². The van der Waals surface area contributed by atoms with Crippen LogP contribution in [0, 0.1) is 6.92 Å². The first-order chi connectivity index (χ1) is 8.69. The quantitative estimate of drug-likeness (QED) is 0.849. The average Bonchev–Trinajstić information content (AvgIpc) is 2.79. The molecule has 2 N–H and O–H groups in total. The molecule has 3 heteroatoms. The summed E-state index contributed by atoms with van der Waals surface area (Å²) in [5.74, 6) is 1.86. The molecule has 0 bridgehead atoms. The minimum atomic E-state index is 0.141. The van der Waals surface area contributed by atoms with Crippen LogP contribution in [0.1, 0.15) is 30.0 Å². The number of aryl methyl sites for hydroxylation is 1. The molecule has 0 amide bonds. The van der Waals surface area contributed by atoms with Gasteiger partial charge in [0.05, 0.1) is 6.04 Å². The van der Waals surface area contributed by atoms with E-state index < -0.39 is 0 Å². The molecule has 18 heavy (non-hydrogen) atoms. The van der Waals surface area contributed by atoms with Crippen LogP contribution in [-0.2, 0) is 6.42 Å². The van der Waals surface area contributed by atoms with E-state index in [2.05, 4.69) is 12.2 Å². The van der Waals surface area contributed by atoms with Gasteiger partial charge in [0, 0.05) is 12.3 Å². The summed E-state index contributed by atoms with van der Waals surface area (Å²) in [6.07, 6.45) is 0.702. The van der Waals surface area contributed by atoms with Crippen molar-refractivity contribution in [2.45, 2.75) is 26.3 Å². The smallest absolute Gasteiger partial charge is 0.126 e. The molecule has 1 unspecified atom stereocenters. The molecule has 1 aromatic heterocycles. The van der Waals surface area contributed by atoms with E-state index in [0.29, 0.717) is 6.42 Å². The molecule has 0 radical (unpaired) electrons. The average molecular weight is 245 g/mol. The zero-order valence-electron chi connectivity index (χ0n) is 10.8. The van der Waals surface area contributed by atoms with E-state index in [4.69, 9.17) is 9.52 Å². The number of anilines is 1. The standard InChI is InChI=1S/C15H19NO2/c1-11-3-8-15(18-11)12(2)16-14-6-4-13(5-7-14)9-10-17/h3-8,12,16-17H,9-10H2,1-2H3. The van der Waals surface area contributed by atoms with Gasteiger partial charge in [-0.3, -0.25) is 0 Å². The highest BCUT2D eigenvalue weighted by Crippen LogP contribution is 2.21. The summed E-state index contributed by atoms with van der Waals surface area (Å²) in [5.41, 5.74) is 2.20. The highest BCUT2D eigenvalue weighted by atomic mass is 16.3. The van der Waals surface area contributed by atoms with Crippen LogP contribution < -0.4 is 5.32 Å². The van der Waals surface area contributed by atoms with Gasteiger partial charge in [-0.2, -0.15) is 0 Å². The molecule has 0 aliphatic heterocycles. The summed E-state index contributed by atoms with van der Waals surface area (Å²) in [6, 6.07) is 12.2. The van der Waals surface area contributed by atoms with Gasteiger partial charge in [-0.1, -0.05) is 12.1 Å². The van der Waals surface area contributed by atoms with Gasteiger partial charge in [0.15, 0.2) is 0 Å². The third kappa shape index (κ3) is 3.14. The highest BCUT2D eigenvalue weighted by Gasteiger charge is 2.08. The zero-order valence-corrected chi connectivity index (χ0v) is 10.8. The molecule has 1 aromatic carbocycles. The largest absolute Gasteiger partial charge is 0.464 e. The van der Waals surface area contributed by atoms with Gasteiger partial charge in [0.1, 0.15) is 11.5 Å². The Kier molecular flexibility index (Phi) is 4.05. The Hall–Kier alpha value is -1.74. The molecule has 0 aliphatic carbocycles. The van der Waals surface area contributed by atoms with E-state index in [-0.39, 0.29) is 12.6 Å². The Bertz CT molecular complexity index is 487. The first kappa shape index (κ1) is 12.7. The van der Waals surface area contributed by atoms with Crippen molar-refractivity contribution in [1.82, 2.24) is 0 Å². The number of aliphatic hydroxyl groups excluding tert-OH is 1. The SMILES string of the molecule is Cc1ccc(C(C)Nc2ccc(CCO)cc2)o1. The van der Waals surface area contributed by atoms with Crippen molar-refractivity contribution in [2.75, 3.05) is 11.9 Å². The van der Waals surface area contributed by atoms with E-state index in [1.807, 2.05) is 43.3 Å². The summed E-state index contributed by atoms with van der Waals surface area (Å²) in [5, 5.41) is 12.2. The lowest BCUT2D eigenvalue weighted by Gasteiger charge is -2.13. The zero-order chi connectivity index (χ0) is 13.0. The third-order valence-electron chi connectivity index (χ3n) is 2.93. The van der Waals surface area contributed by atoms with Crippen LogP contribution in [0.3, 0.4) is 0 Å². The minimum absolute atomic E-state index is 0.141. The number of hydrogen-bond donors (Lipinski definition) is 2.